The van der Waals surface area contributed by atoms with Crippen molar-refractivity contribution in [3.05, 3.63) is 76.4 Å². The number of carboxylic acids is 1. The number of oxime groups is 1. The second-order valence-electron chi connectivity index (χ2n) is 8.15. The molecule has 2 aromatic rings. The number of rotatable bonds is 7. The van der Waals surface area contributed by atoms with E-state index in [2.05, 4.69) is 17.3 Å². The Morgan fingerprint density at radius 1 is 1.07 bits per heavy atom. The molecule has 0 radical (unpaired) electrons. The minimum absolute atomic E-state index is 0.227. The van der Waals surface area contributed by atoms with Gasteiger partial charge in [0.1, 0.15) is 0 Å². The molecule has 0 aromatic heterocycles. The maximum Gasteiger partial charge on any atom is 0.306 e. The van der Waals surface area contributed by atoms with Crippen molar-refractivity contribution < 1.29 is 15.1 Å². The summed E-state index contributed by atoms with van der Waals surface area (Å²) in [5.74, 6) is -1.43. The van der Waals surface area contributed by atoms with E-state index < -0.39 is 11.9 Å². The van der Waals surface area contributed by atoms with Crippen molar-refractivity contribution in [2.45, 2.75) is 51.4 Å². The van der Waals surface area contributed by atoms with Crippen LogP contribution in [0.15, 0.2) is 59.3 Å². The molecule has 2 N–H and O–H groups in total. The maximum absolute atomic E-state index is 11.8. The minimum Gasteiger partial charge on any atom is -0.481 e. The van der Waals surface area contributed by atoms with Crippen LogP contribution in [0, 0.1) is 5.92 Å². The fourth-order valence-electron chi connectivity index (χ4n) is 4.68. The predicted molar refractivity (Wildman–Crippen MR) is 114 cm³/mol. The van der Waals surface area contributed by atoms with Crippen LogP contribution in [-0.4, -0.2) is 22.0 Å². The number of aryl methyl sites for hydroxylation is 1. The van der Waals surface area contributed by atoms with Crippen molar-refractivity contribution in [2.24, 2.45) is 11.1 Å². The molecule has 1 unspecified atom stereocenters. The summed E-state index contributed by atoms with van der Waals surface area (Å²) in [7, 11) is 0. The summed E-state index contributed by atoms with van der Waals surface area (Å²) in [4.78, 5) is 11.8. The van der Waals surface area contributed by atoms with Gasteiger partial charge in [0.2, 0.25) is 0 Å². The van der Waals surface area contributed by atoms with Crippen molar-refractivity contribution in [3.63, 3.8) is 0 Å². The lowest BCUT2D eigenvalue weighted by Crippen LogP contribution is -2.19. The zero-order chi connectivity index (χ0) is 20.2. The molecule has 1 atom stereocenters. The molecule has 0 fully saturated rings. The number of nitrogens with zero attached hydrogens (tertiary/aromatic N) is 1. The van der Waals surface area contributed by atoms with Gasteiger partial charge in [-0.15, -0.1) is 0 Å². The number of aliphatic carboxylic acids is 1. The topological polar surface area (TPSA) is 69.9 Å². The first kappa shape index (κ1) is 19.4. The quantitative estimate of drug-likeness (QED) is 0.375. The van der Waals surface area contributed by atoms with Gasteiger partial charge in [-0.25, -0.2) is 0 Å². The molecule has 0 aliphatic heterocycles. The SMILES string of the molecule is O=C(O)C(CCc1ccccc1)CC(=NO)c1ccc2c(c1)CC1=C2CCCC1. The number of allylic oxidation sites excluding steroid dienone is 2. The van der Waals surface area contributed by atoms with Crippen LogP contribution in [0.5, 0.6) is 0 Å². The van der Waals surface area contributed by atoms with Gasteiger partial charge in [0.25, 0.3) is 0 Å². The maximum atomic E-state index is 11.8. The number of benzene rings is 2. The number of hydrogen-bond acceptors (Lipinski definition) is 3. The van der Waals surface area contributed by atoms with E-state index in [0.717, 1.165) is 24.0 Å². The predicted octanol–water partition coefficient (Wildman–Crippen LogP) is 5.47. The van der Waals surface area contributed by atoms with Gasteiger partial charge in [-0.05, 0) is 78.8 Å². The average Bonchev–Trinajstić information content (AvgIpc) is 3.12. The third-order valence-electron chi connectivity index (χ3n) is 6.28. The molecule has 4 heteroatoms. The zero-order valence-electron chi connectivity index (χ0n) is 16.6. The molecule has 150 valence electrons. The van der Waals surface area contributed by atoms with E-state index in [0.29, 0.717) is 18.6 Å². The second kappa shape index (κ2) is 8.64. The Kier molecular flexibility index (Phi) is 5.79. The molecule has 2 aromatic carbocycles. The Hall–Kier alpha value is -2.88. The van der Waals surface area contributed by atoms with Crippen LogP contribution in [0.25, 0.3) is 5.57 Å². The highest BCUT2D eigenvalue weighted by atomic mass is 16.4. The monoisotopic (exact) mass is 389 g/mol. The van der Waals surface area contributed by atoms with Crippen molar-refractivity contribution in [1.82, 2.24) is 0 Å². The van der Waals surface area contributed by atoms with Crippen LogP contribution >= 0.6 is 0 Å². The summed E-state index contributed by atoms with van der Waals surface area (Å²) in [6, 6.07) is 16.1. The zero-order valence-corrected chi connectivity index (χ0v) is 16.6. The van der Waals surface area contributed by atoms with Crippen molar-refractivity contribution in [1.29, 1.82) is 0 Å². The summed E-state index contributed by atoms with van der Waals surface area (Å²) < 4.78 is 0. The summed E-state index contributed by atoms with van der Waals surface area (Å²) in [5, 5.41) is 22.8. The van der Waals surface area contributed by atoms with Crippen molar-refractivity contribution >= 4 is 17.3 Å². The van der Waals surface area contributed by atoms with E-state index in [4.69, 9.17) is 0 Å². The van der Waals surface area contributed by atoms with Gasteiger partial charge in [0.15, 0.2) is 0 Å². The largest absolute Gasteiger partial charge is 0.481 e. The Morgan fingerprint density at radius 3 is 2.62 bits per heavy atom. The first-order chi connectivity index (χ1) is 14.2. The summed E-state index contributed by atoms with van der Waals surface area (Å²) >= 11 is 0. The van der Waals surface area contributed by atoms with Gasteiger partial charge < -0.3 is 10.3 Å². The smallest absolute Gasteiger partial charge is 0.306 e. The van der Waals surface area contributed by atoms with E-state index >= 15 is 0 Å². The summed E-state index contributed by atoms with van der Waals surface area (Å²) in [6.07, 6.45) is 7.27. The highest BCUT2D eigenvalue weighted by Gasteiger charge is 2.26. The van der Waals surface area contributed by atoms with Crippen molar-refractivity contribution in [2.75, 3.05) is 0 Å². The summed E-state index contributed by atoms with van der Waals surface area (Å²) in [6.45, 7) is 0. The minimum atomic E-state index is -0.847. The second-order valence-corrected chi connectivity index (χ2v) is 8.15. The normalized spacial score (nSPS) is 17.0. The molecular weight excluding hydrogens is 362 g/mol. The molecule has 0 amide bonds. The Labute approximate surface area is 171 Å². The van der Waals surface area contributed by atoms with E-state index in [1.165, 1.54) is 36.0 Å². The van der Waals surface area contributed by atoms with Gasteiger partial charge in [-0.2, -0.15) is 0 Å². The van der Waals surface area contributed by atoms with Crippen molar-refractivity contribution in [3.8, 4) is 0 Å². The van der Waals surface area contributed by atoms with Crippen LogP contribution in [-0.2, 0) is 17.6 Å². The molecule has 29 heavy (non-hydrogen) atoms. The molecule has 2 aliphatic rings. The van der Waals surface area contributed by atoms with E-state index in [1.807, 2.05) is 36.4 Å². The highest BCUT2D eigenvalue weighted by Crippen LogP contribution is 2.41. The highest BCUT2D eigenvalue weighted by molar-refractivity contribution is 6.02. The van der Waals surface area contributed by atoms with Crippen LogP contribution < -0.4 is 0 Å². The number of carboxylic acid groups (broad SMARTS) is 1. The third-order valence-corrected chi connectivity index (χ3v) is 6.28. The molecule has 0 bridgehead atoms. The van der Waals surface area contributed by atoms with E-state index in [-0.39, 0.29) is 6.42 Å². The number of carbonyl (C=O) groups is 1. The van der Waals surface area contributed by atoms with Gasteiger partial charge in [-0.1, -0.05) is 53.2 Å². The van der Waals surface area contributed by atoms with Crippen LogP contribution in [0.3, 0.4) is 0 Å². The molecule has 0 spiro atoms. The molecular formula is C25H27NO3. The lowest BCUT2D eigenvalue weighted by atomic mass is 9.90. The Bertz CT molecular complexity index is 959. The molecule has 0 saturated carbocycles. The molecule has 0 saturated heterocycles. The first-order valence-corrected chi connectivity index (χ1v) is 10.5. The Balaban J connectivity index is 1.48. The molecule has 4 rings (SSSR count). The average molecular weight is 389 g/mol. The molecule has 0 heterocycles. The number of hydrogen-bond donors (Lipinski definition) is 2. The molecule has 4 nitrogen and oxygen atoms in total. The van der Waals surface area contributed by atoms with E-state index in [1.54, 1.807) is 5.57 Å². The van der Waals surface area contributed by atoms with Gasteiger partial charge in [0.05, 0.1) is 11.6 Å². The number of fused-ring (bicyclic) bond motifs is 2. The van der Waals surface area contributed by atoms with Gasteiger partial charge in [0, 0.05) is 6.42 Å². The Morgan fingerprint density at radius 2 is 1.86 bits per heavy atom. The van der Waals surface area contributed by atoms with Gasteiger partial charge in [-0.3, -0.25) is 4.79 Å². The lowest BCUT2D eigenvalue weighted by molar-refractivity contribution is -0.141. The summed E-state index contributed by atoms with van der Waals surface area (Å²) in [5.41, 5.74) is 8.08. The van der Waals surface area contributed by atoms with E-state index in [9.17, 15) is 15.1 Å². The lowest BCUT2D eigenvalue weighted by Gasteiger charge is -2.15. The fraction of sp³-hybridized carbons (Fsp3) is 0.360. The third kappa shape index (κ3) is 4.26. The standard InChI is InChI=1S/C25H27NO3/c27-25(28)20(11-10-17-6-2-1-3-7-17)16-24(26-29)19-12-13-23-21(15-19)14-18-8-4-5-9-22(18)23/h1-3,6-7,12-13,15,20,29H,4-5,8-11,14,16H2,(H,27,28). The van der Waals surface area contributed by atoms with Crippen LogP contribution in [0.1, 0.15) is 60.8 Å². The fourth-order valence-corrected chi connectivity index (χ4v) is 4.68. The first-order valence-electron chi connectivity index (χ1n) is 10.5. The van der Waals surface area contributed by atoms with Crippen LogP contribution in [0.2, 0.25) is 0 Å². The van der Waals surface area contributed by atoms with Crippen LogP contribution in [0.4, 0.5) is 0 Å². The van der Waals surface area contributed by atoms with Gasteiger partial charge >= 0.3 is 5.97 Å². The molecule has 2 aliphatic carbocycles.